The van der Waals surface area contributed by atoms with Crippen molar-refractivity contribution in [3.63, 3.8) is 0 Å². The van der Waals surface area contributed by atoms with Crippen LogP contribution in [-0.4, -0.2) is 31.2 Å². The summed E-state index contributed by atoms with van der Waals surface area (Å²) in [5, 5.41) is 10.7. The molecule has 0 aliphatic carbocycles. The van der Waals surface area contributed by atoms with Crippen molar-refractivity contribution in [2.24, 2.45) is 0 Å². The van der Waals surface area contributed by atoms with E-state index in [1.54, 1.807) is 6.20 Å². The second-order valence-electron chi connectivity index (χ2n) is 5.93. The summed E-state index contributed by atoms with van der Waals surface area (Å²) in [4.78, 5) is 13.6. The van der Waals surface area contributed by atoms with E-state index in [1.807, 2.05) is 31.2 Å². The van der Waals surface area contributed by atoms with Crippen LogP contribution in [0.4, 0.5) is 5.82 Å². The van der Waals surface area contributed by atoms with Gasteiger partial charge in [0.25, 0.3) is 0 Å². The first kappa shape index (κ1) is 16.1. The Morgan fingerprint density at radius 3 is 2.71 bits per heavy atom. The van der Waals surface area contributed by atoms with Gasteiger partial charge in [-0.1, -0.05) is 13.0 Å². The zero-order valence-electron chi connectivity index (χ0n) is 14.2. The fourth-order valence-electron chi connectivity index (χ4n) is 2.56. The predicted octanol–water partition coefficient (Wildman–Crippen LogP) is 3.18. The average molecular weight is 322 g/mol. The first-order valence-corrected chi connectivity index (χ1v) is 8.21. The standard InChI is InChI=1S/C18H22N6/c1-4-14-11-17(20-12(2)9-15-10-13(3)23-24-15)22-18(21-14)16-7-5-6-8-19-16/h5-8,10-12H,4,9H2,1-3H3,(H,23,24)(H,20,21,22). The van der Waals surface area contributed by atoms with Crippen molar-refractivity contribution in [1.29, 1.82) is 0 Å². The zero-order chi connectivity index (χ0) is 16.9. The second kappa shape index (κ2) is 7.21. The van der Waals surface area contributed by atoms with E-state index in [9.17, 15) is 0 Å². The Bertz CT molecular complexity index is 796. The predicted molar refractivity (Wildman–Crippen MR) is 94.8 cm³/mol. The van der Waals surface area contributed by atoms with Gasteiger partial charge in [-0.05, 0) is 38.5 Å². The van der Waals surface area contributed by atoms with Gasteiger partial charge in [0.15, 0.2) is 5.82 Å². The third-order valence-corrected chi connectivity index (χ3v) is 3.70. The number of aromatic amines is 1. The lowest BCUT2D eigenvalue weighted by molar-refractivity contribution is 0.758. The maximum absolute atomic E-state index is 4.63. The molecule has 6 nitrogen and oxygen atoms in total. The summed E-state index contributed by atoms with van der Waals surface area (Å²) in [6.45, 7) is 6.22. The van der Waals surface area contributed by atoms with E-state index >= 15 is 0 Å². The number of pyridine rings is 1. The number of aryl methyl sites for hydroxylation is 2. The molecule has 0 fully saturated rings. The molecule has 0 spiro atoms. The van der Waals surface area contributed by atoms with Crippen LogP contribution < -0.4 is 5.32 Å². The van der Waals surface area contributed by atoms with Gasteiger partial charge < -0.3 is 5.32 Å². The normalized spacial score (nSPS) is 12.1. The van der Waals surface area contributed by atoms with Crippen LogP contribution in [0.15, 0.2) is 36.5 Å². The summed E-state index contributed by atoms with van der Waals surface area (Å²) < 4.78 is 0. The highest BCUT2D eigenvalue weighted by Gasteiger charge is 2.11. The summed E-state index contributed by atoms with van der Waals surface area (Å²) in [5.41, 5.74) is 3.90. The summed E-state index contributed by atoms with van der Waals surface area (Å²) in [5.74, 6) is 1.47. The molecule has 0 aliphatic rings. The monoisotopic (exact) mass is 322 g/mol. The van der Waals surface area contributed by atoms with Crippen LogP contribution >= 0.6 is 0 Å². The van der Waals surface area contributed by atoms with Crippen LogP contribution in [0.2, 0.25) is 0 Å². The van der Waals surface area contributed by atoms with E-state index < -0.39 is 0 Å². The van der Waals surface area contributed by atoms with Crippen LogP contribution in [0.3, 0.4) is 0 Å². The van der Waals surface area contributed by atoms with E-state index in [1.165, 1.54) is 0 Å². The van der Waals surface area contributed by atoms with Gasteiger partial charge in [0.05, 0.1) is 5.69 Å². The van der Waals surface area contributed by atoms with Crippen LogP contribution in [0, 0.1) is 6.92 Å². The third kappa shape index (κ3) is 3.95. The molecule has 3 heterocycles. The van der Waals surface area contributed by atoms with E-state index in [0.29, 0.717) is 5.82 Å². The highest BCUT2D eigenvalue weighted by atomic mass is 15.1. The van der Waals surface area contributed by atoms with E-state index in [-0.39, 0.29) is 6.04 Å². The molecule has 124 valence electrons. The highest BCUT2D eigenvalue weighted by Crippen LogP contribution is 2.17. The molecule has 0 radical (unpaired) electrons. The van der Waals surface area contributed by atoms with Crippen LogP contribution in [0.25, 0.3) is 11.5 Å². The van der Waals surface area contributed by atoms with E-state index in [0.717, 1.165) is 41.4 Å². The Morgan fingerprint density at radius 2 is 2.04 bits per heavy atom. The molecule has 2 N–H and O–H groups in total. The molecular formula is C18H22N6. The summed E-state index contributed by atoms with van der Waals surface area (Å²) >= 11 is 0. The minimum atomic E-state index is 0.212. The summed E-state index contributed by atoms with van der Waals surface area (Å²) in [6, 6.07) is 10.0. The Labute approximate surface area is 141 Å². The average Bonchev–Trinajstić information content (AvgIpc) is 3.00. The highest BCUT2D eigenvalue weighted by molar-refractivity contribution is 5.53. The van der Waals surface area contributed by atoms with Gasteiger partial charge in [0.2, 0.25) is 0 Å². The van der Waals surface area contributed by atoms with Crippen molar-refractivity contribution >= 4 is 5.82 Å². The number of aromatic nitrogens is 5. The SMILES string of the molecule is CCc1cc(NC(C)Cc2cc(C)[nH]n2)nc(-c2ccccn2)n1. The van der Waals surface area contributed by atoms with Gasteiger partial charge in [-0.25, -0.2) is 9.97 Å². The van der Waals surface area contributed by atoms with Crippen molar-refractivity contribution in [2.45, 2.75) is 39.7 Å². The van der Waals surface area contributed by atoms with Crippen LogP contribution in [0.1, 0.15) is 30.9 Å². The molecule has 3 rings (SSSR count). The van der Waals surface area contributed by atoms with Gasteiger partial charge >= 0.3 is 0 Å². The Hall–Kier alpha value is -2.76. The zero-order valence-corrected chi connectivity index (χ0v) is 14.2. The van der Waals surface area contributed by atoms with Gasteiger partial charge in [-0.3, -0.25) is 10.1 Å². The molecule has 3 aromatic heterocycles. The maximum Gasteiger partial charge on any atom is 0.180 e. The lowest BCUT2D eigenvalue weighted by Gasteiger charge is -2.14. The molecular weight excluding hydrogens is 300 g/mol. The Balaban J connectivity index is 1.79. The van der Waals surface area contributed by atoms with Crippen LogP contribution in [-0.2, 0) is 12.8 Å². The lowest BCUT2D eigenvalue weighted by Crippen LogP contribution is -2.19. The first-order valence-electron chi connectivity index (χ1n) is 8.21. The molecule has 0 aromatic carbocycles. The minimum Gasteiger partial charge on any atom is -0.367 e. The Kier molecular flexibility index (Phi) is 4.84. The van der Waals surface area contributed by atoms with Crippen LogP contribution in [0.5, 0.6) is 0 Å². The summed E-state index contributed by atoms with van der Waals surface area (Å²) in [7, 11) is 0. The topological polar surface area (TPSA) is 79.4 Å². The van der Waals surface area contributed by atoms with Gasteiger partial charge in [0, 0.05) is 36.1 Å². The molecule has 0 saturated heterocycles. The molecule has 0 aliphatic heterocycles. The quantitative estimate of drug-likeness (QED) is 0.728. The fourth-order valence-corrected chi connectivity index (χ4v) is 2.56. The number of hydrogen-bond acceptors (Lipinski definition) is 5. The molecule has 6 heteroatoms. The first-order chi connectivity index (χ1) is 11.6. The molecule has 24 heavy (non-hydrogen) atoms. The van der Waals surface area contributed by atoms with E-state index in [4.69, 9.17) is 0 Å². The molecule has 1 atom stereocenters. The van der Waals surface area contributed by atoms with Crippen molar-refractivity contribution in [2.75, 3.05) is 5.32 Å². The largest absolute Gasteiger partial charge is 0.367 e. The van der Waals surface area contributed by atoms with Gasteiger partial charge in [-0.15, -0.1) is 0 Å². The number of nitrogens with one attached hydrogen (secondary N) is 2. The Morgan fingerprint density at radius 1 is 1.17 bits per heavy atom. The summed E-state index contributed by atoms with van der Waals surface area (Å²) in [6.07, 6.45) is 3.44. The smallest absolute Gasteiger partial charge is 0.180 e. The van der Waals surface area contributed by atoms with Crippen molar-refractivity contribution in [3.05, 3.63) is 53.6 Å². The number of H-pyrrole nitrogens is 1. The minimum absolute atomic E-state index is 0.212. The van der Waals surface area contributed by atoms with E-state index in [2.05, 4.69) is 50.4 Å². The number of anilines is 1. The fraction of sp³-hybridized carbons (Fsp3) is 0.333. The second-order valence-corrected chi connectivity index (χ2v) is 5.93. The number of rotatable bonds is 6. The van der Waals surface area contributed by atoms with Crippen molar-refractivity contribution < 1.29 is 0 Å². The molecule has 0 amide bonds. The maximum atomic E-state index is 4.63. The van der Waals surface area contributed by atoms with Crippen molar-refractivity contribution in [3.8, 4) is 11.5 Å². The van der Waals surface area contributed by atoms with Gasteiger partial charge in [0.1, 0.15) is 11.5 Å². The number of nitrogens with zero attached hydrogens (tertiary/aromatic N) is 4. The number of hydrogen-bond donors (Lipinski definition) is 2. The lowest BCUT2D eigenvalue weighted by atomic mass is 10.1. The third-order valence-electron chi connectivity index (χ3n) is 3.70. The molecule has 1 unspecified atom stereocenters. The van der Waals surface area contributed by atoms with Gasteiger partial charge in [-0.2, -0.15) is 5.10 Å². The molecule has 0 bridgehead atoms. The molecule has 0 saturated carbocycles. The molecule has 3 aromatic rings. The van der Waals surface area contributed by atoms with Crippen molar-refractivity contribution in [1.82, 2.24) is 25.1 Å².